The first-order valence-electron chi connectivity index (χ1n) is 5.25. The van der Waals surface area contributed by atoms with Crippen LogP contribution in [-0.2, 0) is 4.79 Å². The van der Waals surface area contributed by atoms with Crippen molar-refractivity contribution in [2.45, 2.75) is 46.0 Å². The van der Waals surface area contributed by atoms with E-state index in [4.69, 9.17) is 5.53 Å². The van der Waals surface area contributed by atoms with E-state index in [2.05, 4.69) is 4.79 Å². The van der Waals surface area contributed by atoms with Crippen LogP contribution in [0.15, 0.2) is 0 Å². The summed E-state index contributed by atoms with van der Waals surface area (Å²) in [6.45, 7) is 4.02. The Morgan fingerprint density at radius 2 is 1.71 bits per heavy atom. The number of ketones is 1. The van der Waals surface area contributed by atoms with Gasteiger partial charge in [-0.2, -0.15) is 4.79 Å². The van der Waals surface area contributed by atoms with E-state index in [-0.39, 0.29) is 10.8 Å². The number of rotatable bonds is 0. The normalized spacial score (nSPS) is 42.1. The molecule has 2 rings (SSSR count). The van der Waals surface area contributed by atoms with Gasteiger partial charge in [-0.25, -0.2) is 0 Å². The molecule has 2 atom stereocenters. The van der Waals surface area contributed by atoms with Gasteiger partial charge in [0.15, 0.2) is 0 Å². The number of hydrogen-bond donors (Lipinski definition) is 0. The van der Waals surface area contributed by atoms with Gasteiger partial charge in [-0.15, -0.1) is 0 Å². The van der Waals surface area contributed by atoms with Gasteiger partial charge in [0.2, 0.25) is 0 Å². The predicted molar refractivity (Wildman–Crippen MR) is 52.9 cm³/mol. The van der Waals surface area contributed by atoms with Crippen LogP contribution in [0.2, 0.25) is 0 Å². The molecule has 0 heterocycles. The van der Waals surface area contributed by atoms with E-state index in [0.717, 1.165) is 25.0 Å². The smallest absolute Gasteiger partial charge is 0.270 e. The Morgan fingerprint density at radius 1 is 1.21 bits per heavy atom. The second-order valence-corrected chi connectivity index (χ2v) is 5.32. The highest BCUT2D eigenvalue weighted by Gasteiger charge is 2.55. The average molecular weight is 192 g/mol. The van der Waals surface area contributed by atoms with Crippen molar-refractivity contribution in [3.05, 3.63) is 5.53 Å². The van der Waals surface area contributed by atoms with Crippen LogP contribution in [0.5, 0.6) is 0 Å². The van der Waals surface area contributed by atoms with Crippen molar-refractivity contribution in [1.29, 1.82) is 0 Å². The molecule has 0 aromatic carbocycles. The Morgan fingerprint density at radius 3 is 2.14 bits per heavy atom. The summed E-state index contributed by atoms with van der Waals surface area (Å²) in [5.74, 6) is 0.378. The molecule has 2 bridgehead atoms. The SMILES string of the molecule is CC12CCCC(C)(CC(=[N+]=[N-])C1)C2=O. The summed E-state index contributed by atoms with van der Waals surface area (Å²) < 4.78 is 0. The first-order valence-corrected chi connectivity index (χ1v) is 5.25. The molecule has 0 N–H and O–H groups in total. The lowest BCUT2D eigenvalue weighted by molar-refractivity contribution is -0.145. The van der Waals surface area contributed by atoms with Crippen LogP contribution in [0, 0.1) is 10.8 Å². The Bertz CT molecular complexity index is 319. The van der Waals surface area contributed by atoms with E-state index >= 15 is 0 Å². The molecule has 2 unspecified atom stereocenters. The number of carbonyl (C=O) groups excluding carboxylic acids is 1. The molecule has 14 heavy (non-hydrogen) atoms. The summed E-state index contributed by atoms with van der Waals surface area (Å²) in [5, 5.41) is 0. The number of Topliss-reactive ketones (excluding diaryl/α,β-unsaturated/α-hetero) is 1. The Hall–Kier alpha value is -0.950. The maximum absolute atomic E-state index is 12.2. The molecule has 0 aromatic rings. The van der Waals surface area contributed by atoms with Gasteiger partial charge in [0.25, 0.3) is 5.71 Å². The first kappa shape index (κ1) is 9.60. The number of fused-ring (bicyclic) bond motifs is 2. The first-order chi connectivity index (χ1) is 6.50. The summed E-state index contributed by atoms with van der Waals surface area (Å²) in [4.78, 5) is 15.5. The molecular weight excluding hydrogens is 176 g/mol. The zero-order chi connectivity index (χ0) is 10.4. The van der Waals surface area contributed by atoms with Crippen molar-refractivity contribution in [3.8, 4) is 0 Å². The maximum Gasteiger partial charge on any atom is 0.270 e. The third-order valence-electron chi connectivity index (χ3n) is 3.88. The van der Waals surface area contributed by atoms with Crippen molar-refractivity contribution >= 4 is 11.5 Å². The number of nitrogens with zero attached hydrogens (tertiary/aromatic N) is 2. The summed E-state index contributed by atoms with van der Waals surface area (Å²) >= 11 is 0. The van der Waals surface area contributed by atoms with E-state index < -0.39 is 0 Å². The second-order valence-electron chi connectivity index (χ2n) is 5.32. The van der Waals surface area contributed by atoms with Gasteiger partial charge < -0.3 is 5.53 Å². The summed E-state index contributed by atoms with van der Waals surface area (Å²) in [7, 11) is 0. The monoisotopic (exact) mass is 192 g/mol. The fourth-order valence-electron chi connectivity index (χ4n) is 3.20. The van der Waals surface area contributed by atoms with E-state index in [9.17, 15) is 4.79 Å². The quantitative estimate of drug-likeness (QED) is 0.429. The fourth-order valence-corrected chi connectivity index (χ4v) is 3.20. The molecule has 2 aliphatic rings. The predicted octanol–water partition coefficient (Wildman–Crippen LogP) is 2.22. The van der Waals surface area contributed by atoms with Crippen LogP contribution in [0.25, 0.3) is 5.53 Å². The minimum Gasteiger partial charge on any atom is -0.362 e. The van der Waals surface area contributed by atoms with E-state index in [1.54, 1.807) is 0 Å². The average Bonchev–Trinajstić information content (AvgIpc) is 2.11. The molecular formula is C11H16N2O. The van der Waals surface area contributed by atoms with Gasteiger partial charge in [0.05, 0.1) is 12.8 Å². The molecule has 0 radical (unpaired) electrons. The standard InChI is InChI=1S/C11H16N2O/c1-10-4-3-5-11(2,9(10)14)7-8(6-10)13-12/h3-7H2,1-2H3. The Kier molecular flexibility index (Phi) is 1.90. The largest absolute Gasteiger partial charge is 0.362 e. The van der Waals surface area contributed by atoms with Crippen LogP contribution in [-0.4, -0.2) is 16.3 Å². The zero-order valence-electron chi connectivity index (χ0n) is 8.84. The van der Waals surface area contributed by atoms with Crippen LogP contribution in [0.3, 0.4) is 0 Å². The van der Waals surface area contributed by atoms with Crippen molar-refractivity contribution in [3.63, 3.8) is 0 Å². The van der Waals surface area contributed by atoms with Crippen molar-refractivity contribution in [2.24, 2.45) is 10.8 Å². The summed E-state index contributed by atoms with van der Waals surface area (Å²) in [5.41, 5.74) is 9.12. The van der Waals surface area contributed by atoms with Crippen molar-refractivity contribution in [1.82, 2.24) is 0 Å². The molecule has 3 heteroatoms. The van der Waals surface area contributed by atoms with Gasteiger partial charge in [0.1, 0.15) is 5.78 Å². The van der Waals surface area contributed by atoms with E-state index in [0.29, 0.717) is 18.6 Å². The fraction of sp³-hybridized carbons (Fsp3) is 0.818. The number of carbonyl (C=O) groups is 1. The number of hydrogen-bond acceptors (Lipinski definition) is 1. The Labute approximate surface area is 84.1 Å². The lowest BCUT2D eigenvalue weighted by atomic mass is 9.55. The highest BCUT2D eigenvalue weighted by atomic mass is 16.1. The van der Waals surface area contributed by atoms with Gasteiger partial charge in [-0.3, -0.25) is 4.79 Å². The van der Waals surface area contributed by atoms with Crippen molar-refractivity contribution < 1.29 is 9.58 Å². The maximum atomic E-state index is 12.2. The molecule has 0 amide bonds. The molecule has 0 aromatic heterocycles. The molecule has 76 valence electrons. The lowest BCUT2D eigenvalue weighted by Gasteiger charge is -2.45. The van der Waals surface area contributed by atoms with E-state index in [1.165, 1.54) is 0 Å². The van der Waals surface area contributed by atoms with E-state index in [1.807, 2.05) is 13.8 Å². The molecule has 2 aliphatic carbocycles. The highest BCUT2D eigenvalue weighted by molar-refractivity contribution is 6.01. The molecule has 0 saturated heterocycles. The second kappa shape index (κ2) is 2.77. The van der Waals surface area contributed by atoms with Crippen LogP contribution in [0.4, 0.5) is 0 Å². The lowest BCUT2D eigenvalue weighted by Crippen LogP contribution is -2.51. The van der Waals surface area contributed by atoms with Gasteiger partial charge >= 0.3 is 0 Å². The minimum absolute atomic E-state index is 0.257. The van der Waals surface area contributed by atoms with Gasteiger partial charge in [-0.05, 0) is 12.8 Å². The molecule has 3 nitrogen and oxygen atoms in total. The highest BCUT2D eigenvalue weighted by Crippen LogP contribution is 2.50. The van der Waals surface area contributed by atoms with Crippen LogP contribution < -0.4 is 0 Å². The minimum atomic E-state index is -0.257. The van der Waals surface area contributed by atoms with Gasteiger partial charge in [-0.1, -0.05) is 20.3 Å². The van der Waals surface area contributed by atoms with Crippen LogP contribution >= 0.6 is 0 Å². The van der Waals surface area contributed by atoms with Gasteiger partial charge in [0, 0.05) is 10.8 Å². The third kappa shape index (κ3) is 1.16. The topological polar surface area (TPSA) is 53.5 Å². The van der Waals surface area contributed by atoms with Crippen molar-refractivity contribution in [2.75, 3.05) is 0 Å². The molecule has 2 fully saturated rings. The summed E-state index contributed by atoms with van der Waals surface area (Å²) in [6, 6.07) is 0. The molecule has 0 spiro atoms. The molecule has 2 saturated carbocycles. The molecule has 0 aliphatic heterocycles. The summed E-state index contributed by atoms with van der Waals surface area (Å²) in [6.07, 6.45) is 4.31. The zero-order valence-corrected chi connectivity index (χ0v) is 8.84. The Balaban J connectivity index is 2.44. The van der Waals surface area contributed by atoms with Crippen LogP contribution in [0.1, 0.15) is 46.0 Å². The third-order valence-corrected chi connectivity index (χ3v) is 3.88.